The lowest BCUT2D eigenvalue weighted by Gasteiger charge is -1.98. The highest BCUT2D eigenvalue weighted by molar-refractivity contribution is 5.85. The number of carbonyl (C=O) groups excluding carboxylic acids is 1. The van der Waals surface area contributed by atoms with Gasteiger partial charge in [-0.3, -0.25) is 9.78 Å². The minimum atomic E-state index is -0.495. The van der Waals surface area contributed by atoms with Gasteiger partial charge in [0.1, 0.15) is 11.5 Å². The highest BCUT2D eigenvalue weighted by Gasteiger charge is 2.13. The molecule has 20 heavy (non-hydrogen) atoms. The Morgan fingerprint density at radius 1 is 1.20 bits per heavy atom. The van der Waals surface area contributed by atoms with E-state index in [0.29, 0.717) is 29.1 Å². The molecule has 3 aromatic heterocycles. The number of carbonyl (C=O) groups is 1. The van der Waals surface area contributed by atoms with E-state index in [-0.39, 0.29) is 0 Å². The van der Waals surface area contributed by atoms with Crippen molar-refractivity contribution in [2.45, 2.75) is 0 Å². The first-order chi connectivity index (χ1) is 9.78. The fraction of sp³-hybridized carbons (Fsp3) is 0. The van der Waals surface area contributed by atoms with E-state index in [0.717, 1.165) is 6.20 Å². The molecule has 0 radical (unpaired) electrons. The van der Waals surface area contributed by atoms with E-state index in [4.69, 9.17) is 0 Å². The number of pyridine rings is 1. The van der Waals surface area contributed by atoms with Crippen LogP contribution in [0.1, 0.15) is 10.4 Å². The van der Waals surface area contributed by atoms with E-state index in [1.165, 1.54) is 23.1 Å². The zero-order valence-electron chi connectivity index (χ0n) is 10.1. The number of halogens is 1. The Morgan fingerprint density at radius 3 is 2.70 bits per heavy atom. The molecule has 98 valence electrons. The second kappa shape index (κ2) is 4.96. The minimum Gasteiger partial charge on any atom is -0.298 e. The molecule has 3 aromatic rings. The average molecular weight is 269 g/mol. The molecule has 0 amide bonds. The maximum Gasteiger partial charge on any atom is 0.250 e. The van der Waals surface area contributed by atoms with Crippen LogP contribution in [0.5, 0.6) is 0 Å². The Morgan fingerprint density at radius 2 is 2.00 bits per heavy atom. The van der Waals surface area contributed by atoms with Gasteiger partial charge in [0.05, 0.1) is 11.8 Å². The zero-order valence-corrected chi connectivity index (χ0v) is 10.1. The van der Waals surface area contributed by atoms with Crippen molar-refractivity contribution in [3.05, 3.63) is 54.5 Å². The zero-order chi connectivity index (χ0) is 13.9. The van der Waals surface area contributed by atoms with Crippen molar-refractivity contribution < 1.29 is 9.18 Å². The standard InChI is InChI=1S/C13H8FN5O/c14-11-4-9(5-15-6-11)12-10(8-20)7-19(18-12)13-16-2-1-3-17-13/h1-8H. The van der Waals surface area contributed by atoms with Gasteiger partial charge in [-0.05, 0) is 12.1 Å². The molecule has 0 aliphatic rings. The van der Waals surface area contributed by atoms with E-state index >= 15 is 0 Å². The maximum absolute atomic E-state index is 13.2. The Labute approximate surface area is 113 Å². The highest BCUT2D eigenvalue weighted by atomic mass is 19.1. The Balaban J connectivity index is 2.13. The molecule has 0 aliphatic heterocycles. The lowest BCUT2D eigenvalue weighted by Crippen LogP contribution is -2.00. The van der Waals surface area contributed by atoms with Gasteiger partial charge in [0, 0.05) is 30.4 Å². The van der Waals surface area contributed by atoms with Crippen LogP contribution in [0.2, 0.25) is 0 Å². The monoisotopic (exact) mass is 269 g/mol. The summed E-state index contributed by atoms with van der Waals surface area (Å²) < 4.78 is 14.6. The normalized spacial score (nSPS) is 10.4. The largest absolute Gasteiger partial charge is 0.298 e. The molecule has 7 heteroatoms. The van der Waals surface area contributed by atoms with Gasteiger partial charge in [-0.15, -0.1) is 0 Å². The molecule has 0 atom stereocenters. The lowest BCUT2D eigenvalue weighted by molar-refractivity contribution is 0.112. The summed E-state index contributed by atoms with van der Waals surface area (Å²) in [6.45, 7) is 0. The van der Waals surface area contributed by atoms with Crippen molar-refractivity contribution in [2.24, 2.45) is 0 Å². The number of hydrogen-bond donors (Lipinski definition) is 0. The molecular formula is C13H8FN5O. The summed E-state index contributed by atoms with van der Waals surface area (Å²) in [6, 6.07) is 2.93. The highest BCUT2D eigenvalue weighted by Crippen LogP contribution is 2.21. The van der Waals surface area contributed by atoms with Crippen LogP contribution in [0.3, 0.4) is 0 Å². The van der Waals surface area contributed by atoms with E-state index in [9.17, 15) is 9.18 Å². The molecular weight excluding hydrogens is 261 g/mol. The van der Waals surface area contributed by atoms with E-state index in [1.807, 2.05) is 0 Å². The van der Waals surface area contributed by atoms with Gasteiger partial charge in [0.25, 0.3) is 0 Å². The third-order valence-electron chi connectivity index (χ3n) is 2.60. The average Bonchev–Trinajstić information content (AvgIpc) is 2.92. The molecule has 3 rings (SSSR count). The molecule has 0 saturated heterocycles. The van der Waals surface area contributed by atoms with Crippen molar-refractivity contribution in [2.75, 3.05) is 0 Å². The fourth-order valence-corrected chi connectivity index (χ4v) is 1.75. The van der Waals surface area contributed by atoms with Crippen LogP contribution in [-0.4, -0.2) is 31.0 Å². The van der Waals surface area contributed by atoms with Crippen LogP contribution in [0.25, 0.3) is 17.2 Å². The molecule has 0 unspecified atom stereocenters. The quantitative estimate of drug-likeness (QED) is 0.676. The summed E-state index contributed by atoms with van der Waals surface area (Å²) in [7, 11) is 0. The Kier molecular flexibility index (Phi) is 3.00. The topological polar surface area (TPSA) is 73.6 Å². The van der Waals surface area contributed by atoms with Crippen molar-refractivity contribution in [3.8, 4) is 17.2 Å². The maximum atomic E-state index is 13.2. The molecule has 0 aliphatic carbocycles. The van der Waals surface area contributed by atoms with Gasteiger partial charge in [-0.25, -0.2) is 19.0 Å². The van der Waals surface area contributed by atoms with E-state index in [1.54, 1.807) is 18.5 Å². The third-order valence-corrected chi connectivity index (χ3v) is 2.60. The molecule has 3 heterocycles. The van der Waals surface area contributed by atoms with E-state index < -0.39 is 5.82 Å². The number of nitrogens with zero attached hydrogens (tertiary/aromatic N) is 5. The van der Waals surface area contributed by atoms with Gasteiger partial charge >= 0.3 is 0 Å². The minimum absolute atomic E-state index is 0.310. The van der Waals surface area contributed by atoms with Crippen molar-refractivity contribution in [3.63, 3.8) is 0 Å². The number of aromatic nitrogens is 5. The molecule has 0 fully saturated rings. The first-order valence-corrected chi connectivity index (χ1v) is 5.71. The second-order valence-electron chi connectivity index (χ2n) is 3.94. The Hall–Kier alpha value is -2.96. The van der Waals surface area contributed by atoms with Gasteiger partial charge < -0.3 is 0 Å². The van der Waals surface area contributed by atoms with Crippen LogP contribution in [0, 0.1) is 5.82 Å². The van der Waals surface area contributed by atoms with Gasteiger partial charge in [0.2, 0.25) is 5.95 Å². The summed E-state index contributed by atoms with van der Waals surface area (Å²) in [5.74, 6) is -0.170. The molecule has 0 bridgehead atoms. The first-order valence-electron chi connectivity index (χ1n) is 5.71. The molecule has 0 saturated carbocycles. The van der Waals surface area contributed by atoms with Crippen LogP contribution in [0.4, 0.5) is 4.39 Å². The third kappa shape index (κ3) is 2.16. The van der Waals surface area contributed by atoms with Gasteiger partial charge in [-0.2, -0.15) is 5.10 Å². The smallest absolute Gasteiger partial charge is 0.250 e. The summed E-state index contributed by atoms with van der Waals surface area (Å²) >= 11 is 0. The fourth-order valence-electron chi connectivity index (χ4n) is 1.75. The van der Waals surface area contributed by atoms with E-state index in [2.05, 4.69) is 20.1 Å². The van der Waals surface area contributed by atoms with Crippen molar-refractivity contribution in [1.82, 2.24) is 24.7 Å². The van der Waals surface area contributed by atoms with Crippen LogP contribution >= 0.6 is 0 Å². The predicted octanol–water partition coefficient (Wildman–Crippen LogP) is 1.68. The summed E-state index contributed by atoms with van der Waals surface area (Å²) in [4.78, 5) is 22.9. The van der Waals surface area contributed by atoms with Crippen LogP contribution in [0.15, 0.2) is 43.1 Å². The first kappa shape index (κ1) is 12.1. The molecule has 0 aromatic carbocycles. The van der Waals surface area contributed by atoms with Crippen LogP contribution < -0.4 is 0 Å². The number of rotatable bonds is 3. The molecule has 6 nitrogen and oxygen atoms in total. The Bertz CT molecular complexity index is 756. The summed E-state index contributed by atoms with van der Waals surface area (Å²) in [5, 5.41) is 4.22. The van der Waals surface area contributed by atoms with Crippen molar-refractivity contribution in [1.29, 1.82) is 0 Å². The molecule has 0 spiro atoms. The second-order valence-corrected chi connectivity index (χ2v) is 3.94. The van der Waals surface area contributed by atoms with Crippen LogP contribution in [-0.2, 0) is 0 Å². The predicted molar refractivity (Wildman–Crippen MR) is 67.7 cm³/mol. The lowest BCUT2D eigenvalue weighted by atomic mass is 10.1. The van der Waals surface area contributed by atoms with Crippen molar-refractivity contribution >= 4 is 6.29 Å². The summed E-state index contributed by atoms with van der Waals surface area (Å²) in [6.07, 6.45) is 7.78. The summed E-state index contributed by atoms with van der Waals surface area (Å²) in [5.41, 5.74) is 1.06. The number of hydrogen-bond acceptors (Lipinski definition) is 5. The van der Waals surface area contributed by atoms with Gasteiger partial charge in [0.15, 0.2) is 6.29 Å². The molecule has 0 N–H and O–H groups in total. The SMILES string of the molecule is O=Cc1cn(-c2ncccn2)nc1-c1cncc(F)c1. The van der Waals surface area contributed by atoms with Gasteiger partial charge in [-0.1, -0.05) is 0 Å². The number of aldehydes is 1.